The van der Waals surface area contributed by atoms with Gasteiger partial charge in [0.1, 0.15) is 0 Å². The molecule has 4 heteroatoms. The Labute approximate surface area is 123 Å². The van der Waals surface area contributed by atoms with Gasteiger partial charge in [0.2, 0.25) is 0 Å². The number of likely N-dealkylation sites (N-methyl/N-ethyl adjacent to an activating group) is 1. The van der Waals surface area contributed by atoms with Crippen LogP contribution in [0.2, 0.25) is 0 Å². The van der Waals surface area contributed by atoms with Gasteiger partial charge < -0.3 is 10.2 Å². The van der Waals surface area contributed by atoms with Gasteiger partial charge in [-0.1, -0.05) is 13.8 Å². The molecular formula is C16H30N4. The minimum atomic E-state index is 0.398. The molecule has 1 aromatic heterocycles. The third-order valence-corrected chi connectivity index (χ3v) is 4.74. The van der Waals surface area contributed by atoms with E-state index < -0.39 is 0 Å². The van der Waals surface area contributed by atoms with Gasteiger partial charge in [-0.05, 0) is 45.2 Å². The molecule has 4 nitrogen and oxygen atoms in total. The second-order valence-corrected chi connectivity index (χ2v) is 6.84. The minimum Gasteiger partial charge on any atom is -0.312 e. The number of aromatic nitrogens is 2. The molecule has 0 saturated heterocycles. The molecule has 0 radical (unpaired) electrons. The van der Waals surface area contributed by atoms with Gasteiger partial charge in [0.25, 0.3) is 0 Å². The van der Waals surface area contributed by atoms with Crippen molar-refractivity contribution in [2.24, 2.45) is 18.9 Å². The second-order valence-electron chi connectivity index (χ2n) is 6.84. The Bertz CT molecular complexity index is 412. The average molecular weight is 278 g/mol. The summed E-state index contributed by atoms with van der Waals surface area (Å²) in [6, 6.07) is 1.07. The van der Waals surface area contributed by atoms with Crippen LogP contribution in [-0.4, -0.2) is 41.4 Å². The van der Waals surface area contributed by atoms with Crippen LogP contribution in [0.4, 0.5) is 0 Å². The molecule has 0 aliphatic heterocycles. The Hall–Kier alpha value is -0.870. The van der Waals surface area contributed by atoms with Crippen LogP contribution >= 0.6 is 0 Å². The highest BCUT2D eigenvalue weighted by Crippen LogP contribution is 2.29. The molecule has 1 N–H and O–H groups in total. The average Bonchev–Trinajstić information content (AvgIpc) is 2.78. The first-order chi connectivity index (χ1) is 9.47. The number of rotatable bonds is 5. The highest BCUT2D eigenvalue weighted by Gasteiger charge is 2.26. The molecule has 0 amide bonds. The minimum absolute atomic E-state index is 0.398. The van der Waals surface area contributed by atoms with E-state index in [4.69, 9.17) is 0 Å². The molecule has 1 saturated carbocycles. The molecule has 4 atom stereocenters. The van der Waals surface area contributed by atoms with Crippen LogP contribution in [0, 0.1) is 11.8 Å². The second kappa shape index (κ2) is 6.72. The predicted octanol–water partition coefficient (Wildman–Crippen LogP) is 2.44. The summed E-state index contributed by atoms with van der Waals surface area (Å²) in [4.78, 5) is 2.28. The third-order valence-electron chi connectivity index (χ3n) is 4.74. The quantitative estimate of drug-likeness (QED) is 0.898. The van der Waals surface area contributed by atoms with Crippen LogP contribution < -0.4 is 5.32 Å². The van der Waals surface area contributed by atoms with E-state index in [2.05, 4.69) is 49.5 Å². The summed E-state index contributed by atoms with van der Waals surface area (Å²) in [6.45, 7) is 5.77. The predicted molar refractivity (Wildman–Crippen MR) is 83.6 cm³/mol. The van der Waals surface area contributed by atoms with Gasteiger partial charge in [-0.25, -0.2) is 0 Å². The fourth-order valence-corrected chi connectivity index (χ4v) is 3.44. The number of aryl methyl sites for hydroxylation is 1. The zero-order valence-electron chi connectivity index (χ0n) is 13.6. The van der Waals surface area contributed by atoms with Crippen molar-refractivity contribution in [3.8, 4) is 0 Å². The molecule has 2 rings (SSSR count). The van der Waals surface area contributed by atoms with Crippen LogP contribution in [0.5, 0.6) is 0 Å². The molecule has 1 aliphatic rings. The van der Waals surface area contributed by atoms with Crippen molar-refractivity contribution in [3.63, 3.8) is 0 Å². The number of hydrogen-bond donors (Lipinski definition) is 1. The van der Waals surface area contributed by atoms with Crippen LogP contribution in [0.3, 0.4) is 0 Å². The van der Waals surface area contributed by atoms with E-state index in [-0.39, 0.29) is 0 Å². The third kappa shape index (κ3) is 3.83. The SMILES string of the molecule is C[C@@H]1CC[C@H](NC[C@H](c2cnn(C)c2)N(C)C)[C@H](C)C1. The van der Waals surface area contributed by atoms with Crippen molar-refractivity contribution < 1.29 is 0 Å². The molecule has 1 aromatic rings. The normalized spacial score (nSPS) is 28.8. The van der Waals surface area contributed by atoms with Gasteiger partial charge in [0, 0.05) is 37.4 Å². The molecule has 1 fully saturated rings. The zero-order valence-corrected chi connectivity index (χ0v) is 13.6. The number of nitrogens with one attached hydrogen (secondary N) is 1. The van der Waals surface area contributed by atoms with Crippen molar-refractivity contribution in [3.05, 3.63) is 18.0 Å². The fraction of sp³-hybridized carbons (Fsp3) is 0.812. The maximum atomic E-state index is 4.30. The Morgan fingerprint density at radius 2 is 2.15 bits per heavy atom. The number of nitrogens with zero attached hydrogens (tertiary/aromatic N) is 3. The van der Waals surface area contributed by atoms with Gasteiger partial charge in [0.15, 0.2) is 0 Å². The standard InChI is InChI=1S/C16H30N4/c1-12-6-7-15(13(2)8-12)17-10-16(19(3)4)14-9-18-20(5)11-14/h9,11-13,15-17H,6-8,10H2,1-5H3/t12-,13-,15+,16-/m1/s1. The number of hydrogen-bond acceptors (Lipinski definition) is 3. The van der Waals surface area contributed by atoms with Crippen molar-refractivity contribution in [2.75, 3.05) is 20.6 Å². The zero-order chi connectivity index (χ0) is 14.7. The van der Waals surface area contributed by atoms with E-state index >= 15 is 0 Å². The van der Waals surface area contributed by atoms with Crippen LogP contribution in [0.15, 0.2) is 12.4 Å². The molecule has 0 aromatic carbocycles. The molecule has 0 spiro atoms. The van der Waals surface area contributed by atoms with E-state index in [0.29, 0.717) is 12.1 Å². The van der Waals surface area contributed by atoms with E-state index in [0.717, 1.165) is 18.4 Å². The van der Waals surface area contributed by atoms with Crippen molar-refractivity contribution in [1.82, 2.24) is 20.0 Å². The van der Waals surface area contributed by atoms with E-state index in [9.17, 15) is 0 Å². The van der Waals surface area contributed by atoms with Crippen LogP contribution in [0.1, 0.15) is 44.7 Å². The van der Waals surface area contributed by atoms with Gasteiger partial charge in [-0.2, -0.15) is 5.10 Å². The van der Waals surface area contributed by atoms with Crippen molar-refractivity contribution in [2.45, 2.75) is 45.2 Å². The molecular weight excluding hydrogens is 248 g/mol. The van der Waals surface area contributed by atoms with Crippen LogP contribution in [0.25, 0.3) is 0 Å². The lowest BCUT2D eigenvalue weighted by Gasteiger charge is -2.35. The summed E-state index contributed by atoms with van der Waals surface area (Å²) in [5.41, 5.74) is 1.29. The molecule has 1 heterocycles. The topological polar surface area (TPSA) is 33.1 Å². The van der Waals surface area contributed by atoms with Crippen LogP contribution in [-0.2, 0) is 7.05 Å². The summed E-state index contributed by atoms with van der Waals surface area (Å²) in [5, 5.41) is 8.10. The van der Waals surface area contributed by atoms with Gasteiger partial charge in [-0.15, -0.1) is 0 Å². The Balaban J connectivity index is 1.93. The largest absolute Gasteiger partial charge is 0.312 e. The first kappa shape index (κ1) is 15.5. The lowest BCUT2D eigenvalue weighted by atomic mass is 9.80. The lowest BCUT2D eigenvalue weighted by Crippen LogP contribution is -2.42. The van der Waals surface area contributed by atoms with E-state index in [1.165, 1.54) is 24.8 Å². The Morgan fingerprint density at radius 1 is 1.40 bits per heavy atom. The summed E-state index contributed by atoms with van der Waals surface area (Å²) < 4.78 is 1.89. The van der Waals surface area contributed by atoms with Gasteiger partial charge in [-0.3, -0.25) is 4.68 Å². The monoisotopic (exact) mass is 278 g/mol. The van der Waals surface area contributed by atoms with E-state index in [1.807, 2.05) is 17.9 Å². The van der Waals surface area contributed by atoms with Gasteiger partial charge in [0.05, 0.1) is 6.20 Å². The smallest absolute Gasteiger partial charge is 0.0538 e. The maximum absolute atomic E-state index is 4.30. The lowest BCUT2D eigenvalue weighted by molar-refractivity contribution is 0.205. The fourth-order valence-electron chi connectivity index (χ4n) is 3.44. The Morgan fingerprint density at radius 3 is 2.70 bits per heavy atom. The molecule has 1 aliphatic carbocycles. The Kier molecular flexibility index (Phi) is 5.22. The molecule has 0 unspecified atom stereocenters. The summed E-state index contributed by atoms with van der Waals surface area (Å²) in [6.07, 6.45) is 8.14. The van der Waals surface area contributed by atoms with E-state index in [1.54, 1.807) is 0 Å². The molecule has 20 heavy (non-hydrogen) atoms. The van der Waals surface area contributed by atoms with Crippen molar-refractivity contribution in [1.29, 1.82) is 0 Å². The summed E-state index contributed by atoms with van der Waals surface area (Å²) >= 11 is 0. The van der Waals surface area contributed by atoms with Gasteiger partial charge >= 0.3 is 0 Å². The summed E-state index contributed by atoms with van der Waals surface area (Å²) in [5.74, 6) is 1.68. The maximum Gasteiger partial charge on any atom is 0.0538 e. The summed E-state index contributed by atoms with van der Waals surface area (Å²) in [7, 11) is 6.27. The highest BCUT2D eigenvalue weighted by molar-refractivity contribution is 5.11. The van der Waals surface area contributed by atoms with Crippen molar-refractivity contribution >= 4 is 0 Å². The molecule has 0 bridgehead atoms. The first-order valence-corrected chi connectivity index (χ1v) is 7.85. The molecule has 114 valence electrons. The first-order valence-electron chi connectivity index (χ1n) is 7.85. The highest BCUT2D eigenvalue weighted by atomic mass is 15.2.